The number of nitrogens with one attached hydrogen (secondary N) is 2. The van der Waals surface area contributed by atoms with Crippen molar-refractivity contribution in [3.05, 3.63) is 64.3 Å². The van der Waals surface area contributed by atoms with Crippen LogP contribution in [0, 0.1) is 6.92 Å². The van der Waals surface area contributed by atoms with Gasteiger partial charge in [-0.2, -0.15) is 0 Å². The van der Waals surface area contributed by atoms with E-state index in [0.29, 0.717) is 23.5 Å². The molecule has 0 atom stereocenters. The number of ether oxygens (including phenoxy) is 1. The van der Waals surface area contributed by atoms with E-state index in [1.165, 1.54) is 16.8 Å². The van der Waals surface area contributed by atoms with E-state index >= 15 is 0 Å². The van der Waals surface area contributed by atoms with E-state index in [4.69, 9.17) is 9.15 Å². The molecule has 8 nitrogen and oxygen atoms in total. The summed E-state index contributed by atoms with van der Waals surface area (Å²) in [6.45, 7) is 3.96. The summed E-state index contributed by atoms with van der Waals surface area (Å²) >= 11 is 0. The van der Waals surface area contributed by atoms with Gasteiger partial charge < -0.3 is 13.7 Å². The largest absolute Gasteiger partial charge is 0.494 e. The monoisotopic (exact) mass is 369 g/mol. The lowest BCUT2D eigenvalue weighted by Gasteiger charge is -2.07. The summed E-state index contributed by atoms with van der Waals surface area (Å²) in [6.07, 6.45) is 1.49. The molecule has 2 N–H and O–H groups in total. The number of hydrogen-bond donors (Lipinski definition) is 2. The van der Waals surface area contributed by atoms with Gasteiger partial charge in [-0.15, -0.1) is 0 Å². The molecular formula is C19H19N3O5. The number of nitrogens with zero attached hydrogens (tertiary/aromatic N) is 1. The molecule has 0 radical (unpaired) electrons. The minimum absolute atomic E-state index is 0.0934. The first kappa shape index (κ1) is 18.2. The first-order valence-electron chi connectivity index (χ1n) is 8.40. The fraction of sp³-hybridized carbons (Fsp3) is 0.211. The minimum atomic E-state index is -0.588. The van der Waals surface area contributed by atoms with Gasteiger partial charge >= 0.3 is 5.91 Å². The predicted molar refractivity (Wildman–Crippen MR) is 98.4 cm³/mol. The van der Waals surface area contributed by atoms with E-state index in [1.54, 1.807) is 37.3 Å². The fourth-order valence-corrected chi connectivity index (χ4v) is 2.64. The number of hydrogen-bond acceptors (Lipinski definition) is 5. The SMILES string of the molecule is CCOc1ccc2oc(C(=O)NNC(=O)Cn3ccccc3=O)c(C)c2c1. The van der Waals surface area contributed by atoms with Crippen LogP contribution in [-0.4, -0.2) is 23.0 Å². The number of rotatable bonds is 5. The van der Waals surface area contributed by atoms with Crippen LogP contribution in [0.4, 0.5) is 0 Å². The van der Waals surface area contributed by atoms with E-state index in [1.807, 2.05) is 6.92 Å². The Labute approximate surface area is 154 Å². The van der Waals surface area contributed by atoms with Crippen LogP contribution < -0.4 is 21.1 Å². The van der Waals surface area contributed by atoms with Gasteiger partial charge in [0, 0.05) is 23.2 Å². The number of aryl methyl sites for hydroxylation is 1. The van der Waals surface area contributed by atoms with Gasteiger partial charge in [-0.1, -0.05) is 6.07 Å². The van der Waals surface area contributed by atoms with Crippen molar-refractivity contribution in [1.29, 1.82) is 0 Å². The normalized spacial score (nSPS) is 10.6. The minimum Gasteiger partial charge on any atom is -0.494 e. The molecule has 0 aliphatic carbocycles. The first-order valence-corrected chi connectivity index (χ1v) is 8.40. The maximum atomic E-state index is 12.4. The summed E-state index contributed by atoms with van der Waals surface area (Å²) in [7, 11) is 0. The second kappa shape index (κ2) is 7.77. The van der Waals surface area contributed by atoms with Crippen molar-refractivity contribution in [3.8, 4) is 5.75 Å². The summed E-state index contributed by atoms with van der Waals surface area (Å²) in [5.41, 5.74) is 5.45. The van der Waals surface area contributed by atoms with Crippen LogP contribution in [0.3, 0.4) is 0 Å². The van der Waals surface area contributed by atoms with Gasteiger partial charge in [-0.05, 0) is 38.1 Å². The molecule has 0 saturated heterocycles. The van der Waals surface area contributed by atoms with E-state index in [2.05, 4.69) is 10.9 Å². The quantitative estimate of drug-likeness (QED) is 0.667. The average Bonchev–Trinajstić information content (AvgIpc) is 2.98. The Morgan fingerprint density at radius 3 is 2.74 bits per heavy atom. The van der Waals surface area contributed by atoms with Crippen LogP contribution in [-0.2, 0) is 11.3 Å². The molecule has 1 aromatic carbocycles. The smallest absolute Gasteiger partial charge is 0.305 e. The van der Waals surface area contributed by atoms with Gasteiger partial charge in [0.05, 0.1) is 6.61 Å². The average molecular weight is 369 g/mol. The van der Waals surface area contributed by atoms with E-state index in [0.717, 1.165) is 5.39 Å². The zero-order chi connectivity index (χ0) is 19.4. The molecule has 0 aliphatic heterocycles. The lowest BCUT2D eigenvalue weighted by molar-refractivity contribution is -0.122. The van der Waals surface area contributed by atoms with Gasteiger partial charge in [0.1, 0.15) is 17.9 Å². The number of amides is 2. The number of carbonyl (C=O) groups is 2. The lowest BCUT2D eigenvalue weighted by Crippen LogP contribution is -2.44. The van der Waals surface area contributed by atoms with Crippen molar-refractivity contribution >= 4 is 22.8 Å². The molecule has 3 aromatic rings. The number of pyridine rings is 1. The Bertz CT molecular complexity index is 1050. The second-order valence-corrected chi connectivity index (χ2v) is 5.82. The van der Waals surface area contributed by atoms with Gasteiger partial charge in [-0.3, -0.25) is 25.2 Å². The third-order valence-corrected chi connectivity index (χ3v) is 3.95. The lowest BCUT2D eigenvalue weighted by atomic mass is 10.1. The van der Waals surface area contributed by atoms with Crippen molar-refractivity contribution in [1.82, 2.24) is 15.4 Å². The van der Waals surface area contributed by atoms with Crippen molar-refractivity contribution < 1.29 is 18.7 Å². The van der Waals surface area contributed by atoms with Crippen LogP contribution in [0.2, 0.25) is 0 Å². The number of furan rings is 1. The number of benzene rings is 1. The maximum Gasteiger partial charge on any atom is 0.305 e. The van der Waals surface area contributed by atoms with Crippen molar-refractivity contribution in [2.24, 2.45) is 0 Å². The molecule has 27 heavy (non-hydrogen) atoms. The van der Waals surface area contributed by atoms with Crippen LogP contribution >= 0.6 is 0 Å². The first-order chi connectivity index (χ1) is 13.0. The summed E-state index contributed by atoms with van der Waals surface area (Å²) in [6, 6.07) is 9.86. The Balaban J connectivity index is 1.69. The number of fused-ring (bicyclic) bond motifs is 1. The summed E-state index contributed by atoms with van der Waals surface area (Å²) in [5.74, 6) is -0.349. The van der Waals surface area contributed by atoms with Crippen molar-refractivity contribution in [3.63, 3.8) is 0 Å². The highest BCUT2D eigenvalue weighted by atomic mass is 16.5. The number of hydrazine groups is 1. The molecule has 2 aromatic heterocycles. The van der Waals surface area contributed by atoms with Crippen LogP contribution in [0.5, 0.6) is 5.75 Å². The fourth-order valence-electron chi connectivity index (χ4n) is 2.64. The van der Waals surface area contributed by atoms with E-state index in [-0.39, 0.29) is 17.9 Å². The van der Waals surface area contributed by atoms with Crippen LogP contribution in [0.15, 0.2) is 51.8 Å². The molecule has 140 valence electrons. The Kier molecular flexibility index (Phi) is 5.25. The molecule has 3 rings (SSSR count). The summed E-state index contributed by atoms with van der Waals surface area (Å²) < 4.78 is 12.3. The maximum absolute atomic E-state index is 12.4. The molecule has 2 amide bonds. The highest BCUT2D eigenvalue weighted by Crippen LogP contribution is 2.28. The highest BCUT2D eigenvalue weighted by Gasteiger charge is 2.18. The molecule has 8 heteroatoms. The molecule has 0 saturated carbocycles. The molecule has 0 bridgehead atoms. The summed E-state index contributed by atoms with van der Waals surface area (Å²) in [5, 5.41) is 0.758. The third-order valence-electron chi connectivity index (χ3n) is 3.95. The summed E-state index contributed by atoms with van der Waals surface area (Å²) in [4.78, 5) is 35.9. The third kappa shape index (κ3) is 4.00. The zero-order valence-corrected chi connectivity index (χ0v) is 14.9. The highest BCUT2D eigenvalue weighted by molar-refractivity contribution is 5.99. The molecule has 0 spiro atoms. The molecule has 0 fully saturated rings. The van der Waals surface area contributed by atoms with Crippen molar-refractivity contribution in [2.75, 3.05) is 6.61 Å². The number of aromatic nitrogens is 1. The zero-order valence-electron chi connectivity index (χ0n) is 14.9. The van der Waals surface area contributed by atoms with Gasteiger partial charge in [0.25, 0.3) is 11.5 Å². The Morgan fingerprint density at radius 2 is 2.00 bits per heavy atom. The van der Waals surface area contributed by atoms with Crippen molar-refractivity contribution in [2.45, 2.75) is 20.4 Å². The molecular weight excluding hydrogens is 350 g/mol. The van der Waals surface area contributed by atoms with E-state index < -0.39 is 11.8 Å². The topological polar surface area (TPSA) is 103 Å². The van der Waals surface area contributed by atoms with Gasteiger partial charge in [0.2, 0.25) is 0 Å². The molecule has 0 aliphatic rings. The van der Waals surface area contributed by atoms with Crippen LogP contribution in [0.1, 0.15) is 23.0 Å². The van der Waals surface area contributed by atoms with E-state index in [9.17, 15) is 14.4 Å². The van der Waals surface area contributed by atoms with Crippen LogP contribution in [0.25, 0.3) is 11.0 Å². The van der Waals surface area contributed by atoms with Gasteiger partial charge in [-0.25, -0.2) is 0 Å². The number of carbonyl (C=O) groups excluding carboxylic acids is 2. The Morgan fingerprint density at radius 1 is 1.19 bits per heavy atom. The molecule has 0 unspecified atom stereocenters. The predicted octanol–water partition coefficient (Wildman–Crippen LogP) is 1.76. The van der Waals surface area contributed by atoms with Gasteiger partial charge in [0.15, 0.2) is 5.76 Å². The second-order valence-electron chi connectivity index (χ2n) is 5.82. The standard InChI is InChI=1S/C19H19N3O5/c1-3-26-13-7-8-15-14(10-13)12(2)18(27-15)19(25)21-20-16(23)11-22-9-5-4-6-17(22)24/h4-10H,3,11H2,1-2H3,(H,20,23)(H,21,25). The molecule has 2 heterocycles. The Hall–Kier alpha value is -3.55.